The van der Waals surface area contributed by atoms with Crippen LogP contribution in [0.15, 0.2) is 30.3 Å². The monoisotopic (exact) mass is 258 g/mol. The fourth-order valence-corrected chi connectivity index (χ4v) is 2.29. The minimum atomic E-state index is -0.435. The molecule has 0 saturated carbocycles. The van der Waals surface area contributed by atoms with Crippen molar-refractivity contribution in [2.75, 3.05) is 0 Å². The summed E-state index contributed by atoms with van der Waals surface area (Å²) in [6.07, 6.45) is 2.14. The summed E-state index contributed by atoms with van der Waals surface area (Å²) >= 11 is 0. The van der Waals surface area contributed by atoms with Gasteiger partial charge in [-0.05, 0) is 31.4 Å². The molecular formula is C16H22N2O. The number of hydrogen-bond acceptors (Lipinski definition) is 2. The Bertz CT molecular complexity index is 545. The molecular weight excluding hydrogens is 236 g/mol. The molecule has 3 heteroatoms. The summed E-state index contributed by atoms with van der Waals surface area (Å²) in [5.74, 6) is 0. The normalized spacial score (nSPS) is 12.6. The number of rotatable bonds is 5. The molecule has 0 spiro atoms. The van der Waals surface area contributed by atoms with Crippen LogP contribution < -0.4 is 0 Å². The van der Waals surface area contributed by atoms with Crippen molar-refractivity contribution < 1.29 is 5.11 Å². The van der Waals surface area contributed by atoms with E-state index in [4.69, 9.17) is 0 Å². The maximum atomic E-state index is 10.2. The first kappa shape index (κ1) is 13.8. The molecule has 0 aliphatic rings. The summed E-state index contributed by atoms with van der Waals surface area (Å²) in [6.45, 7) is 6.23. The average Bonchev–Trinajstić information content (AvgIpc) is 2.89. The SMILES string of the molecule is CCc1cc(CC)n(-c2ccccc2[C@H](O)CC)n1. The number of aryl methyl sites for hydroxylation is 2. The Labute approximate surface area is 114 Å². The van der Waals surface area contributed by atoms with Gasteiger partial charge in [0.25, 0.3) is 0 Å². The molecule has 1 aromatic heterocycles. The molecule has 2 rings (SSSR count). The lowest BCUT2D eigenvalue weighted by molar-refractivity contribution is 0.173. The summed E-state index contributed by atoms with van der Waals surface area (Å²) in [4.78, 5) is 0. The molecule has 0 bridgehead atoms. The number of nitrogens with zero attached hydrogens (tertiary/aromatic N) is 2. The van der Waals surface area contributed by atoms with E-state index in [1.165, 1.54) is 5.69 Å². The average molecular weight is 258 g/mol. The summed E-state index contributed by atoms with van der Waals surface area (Å²) in [5.41, 5.74) is 4.23. The Hall–Kier alpha value is -1.61. The van der Waals surface area contributed by atoms with Gasteiger partial charge in [-0.25, -0.2) is 4.68 Å². The molecule has 0 fully saturated rings. The van der Waals surface area contributed by atoms with Crippen molar-refractivity contribution in [1.29, 1.82) is 0 Å². The third kappa shape index (κ3) is 2.71. The molecule has 1 N–H and O–H groups in total. The van der Waals surface area contributed by atoms with E-state index in [9.17, 15) is 5.11 Å². The molecule has 0 amide bonds. The molecule has 2 aromatic rings. The molecule has 19 heavy (non-hydrogen) atoms. The second-order valence-electron chi connectivity index (χ2n) is 4.73. The Morgan fingerprint density at radius 3 is 2.53 bits per heavy atom. The minimum Gasteiger partial charge on any atom is -0.388 e. The van der Waals surface area contributed by atoms with Gasteiger partial charge in [-0.1, -0.05) is 39.0 Å². The topological polar surface area (TPSA) is 38.0 Å². The molecule has 1 atom stereocenters. The van der Waals surface area contributed by atoms with Crippen molar-refractivity contribution in [2.24, 2.45) is 0 Å². The largest absolute Gasteiger partial charge is 0.388 e. The number of aromatic nitrogens is 2. The molecule has 3 nitrogen and oxygen atoms in total. The number of benzene rings is 1. The van der Waals surface area contributed by atoms with Crippen LogP contribution in [0.5, 0.6) is 0 Å². The Balaban J connectivity index is 2.55. The first-order chi connectivity index (χ1) is 9.21. The molecule has 102 valence electrons. The Morgan fingerprint density at radius 2 is 1.89 bits per heavy atom. The van der Waals surface area contributed by atoms with Gasteiger partial charge in [0.2, 0.25) is 0 Å². The predicted molar refractivity (Wildman–Crippen MR) is 77.6 cm³/mol. The van der Waals surface area contributed by atoms with Gasteiger partial charge >= 0.3 is 0 Å². The van der Waals surface area contributed by atoms with E-state index < -0.39 is 6.10 Å². The lowest BCUT2D eigenvalue weighted by Gasteiger charge is -2.15. The number of aliphatic hydroxyl groups is 1. The van der Waals surface area contributed by atoms with Gasteiger partial charge in [0.15, 0.2) is 0 Å². The van der Waals surface area contributed by atoms with Gasteiger partial charge < -0.3 is 5.11 Å². The zero-order valence-corrected chi connectivity index (χ0v) is 11.9. The Morgan fingerprint density at radius 1 is 1.16 bits per heavy atom. The van der Waals surface area contributed by atoms with Crippen molar-refractivity contribution in [1.82, 2.24) is 9.78 Å². The fraction of sp³-hybridized carbons (Fsp3) is 0.438. The zero-order valence-electron chi connectivity index (χ0n) is 11.9. The van der Waals surface area contributed by atoms with Crippen molar-refractivity contribution >= 4 is 0 Å². The molecule has 1 aromatic carbocycles. The van der Waals surface area contributed by atoms with E-state index in [1.807, 2.05) is 35.9 Å². The summed E-state index contributed by atoms with van der Waals surface area (Å²) < 4.78 is 1.98. The van der Waals surface area contributed by atoms with Gasteiger partial charge in [-0.2, -0.15) is 5.10 Å². The van der Waals surface area contributed by atoms with Gasteiger partial charge in [-0.3, -0.25) is 0 Å². The van der Waals surface area contributed by atoms with E-state index in [0.717, 1.165) is 29.8 Å². The van der Waals surface area contributed by atoms with Crippen LogP contribution in [0.25, 0.3) is 5.69 Å². The van der Waals surface area contributed by atoms with Crippen molar-refractivity contribution in [3.8, 4) is 5.69 Å². The third-order valence-electron chi connectivity index (χ3n) is 3.47. The second kappa shape index (κ2) is 6.02. The molecule has 0 aliphatic carbocycles. The van der Waals surface area contributed by atoms with Crippen molar-refractivity contribution in [3.63, 3.8) is 0 Å². The third-order valence-corrected chi connectivity index (χ3v) is 3.47. The molecule has 0 radical (unpaired) electrons. The van der Waals surface area contributed by atoms with Gasteiger partial charge in [0.1, 0.15) is 0 Å². The van der Waals surface area contributed by atoms with E-state index in [2.05, 4.69) is 25.0 Å². The van der Waals surface area contributed by atoms with Crippen LogP contribution in [0, 0.1) is 0 Å². The van der Waals surface area contributed by atoms with Crippen LogP contribution in [-0.4, -0.2) is 14.9 Å². The van der Waals surface area contributed by atoms with Gasteiger partial charge in [0, 0.05) is 11.3 Å². The highest BCUT2D eigenvalue weighted by Crippen LogP contribution is 2.25. The first-order valence-electron chi connectivity index (χ1n) is 7.06. The van der Waals surface area contributed by atoms with E-state index in [0.29, 0.717) is 6.42 Å². The lowest BCUT2D eigenvalue weighted by atomic mass is 10.0. The highest BCUT2D eigenvalue weighted by atomic mass is 16.3. The number of hydrogen-bond donors (Lipinski definition) is 1. The lowest BCUT2D eigenvalue weighted by Crippen LogP contribution is -2.08. The van der Waals surface area contributed by atoms with Crippen LogP contribution in [0.4, 0.5) is 0 Å². The Kier molecular flexibility index (Phi) is 4.38. The maximum absolute atomic E-state index is 10.2. The summed E-state index contributed by atoms with van der Waals surface area (Å²) in [6, 6.07) is 10.1. The number of aliphatic hydroxyl groups excluding tert-OH is 1. The highest BCUT2D eigenvalue weighted by Gasteiger charge is 2.14. The van der Waals surface area contributed by atoms with Crippen molar-refractivity contribution in [3.05, 3.63) is 47.3 Å². The molecule has 1 heterocycles. The summed E-state index contributed by atoms with van der Waals surface area (Å²) in [5, 5.41) is 14.8. The van der Waals surface area contributed by atoms with Crippen LogP contribution in [0.3, 0.4) is 0 Å². The van der Waals surface area contributed by atoms with Crippen LogP contribution in [0.1, 0.15) is 50.2 Å². The molecule has 0 unspecified atom stereocenters. The predicted octanol–water partition coefficient (Wildman–Crippen LogP) is 3.44. The van der Waals surface area contributed by atoms with Gasteiger partial charge in [0.05, 0.1) is 17.5 Å². The second-order valence-corrected chi connectivity index (χ2v) is 4.73. The smallest absolute Gasteiger partial charge is 0.0808 e. The molecule has 0 aliphatic heterocycles. The zero-order chi connectivity index (χ0) is 13.8. The van der Waals surface area contributed by atoms with E-state index >= 15 is 0 Å². The molecule has 0 saturated heterocycles. The standard InChI is InChI=1S/C16H22N2O/c1-4-12-11-13(5-2)18(17-12)15-10-8-7-9-14(15)16(19)6-3/h7-11,16,19H,4-6H2,1-3H3/t16-/m1/s1. The fourth-order valence-electron chi connectivity index (χ4n) is 2.29. The number of para-hydroxylation sites is 1. The van der Waals surface area contributed by atoms with Crippen molar-refractivity contribution in [2.45, 2.75) is 46.1 Å². The highest BCUT2D eigenvalue weighted by molar-refractivity contribution is 5.43. The maximum Gasteiger partial charge on any atom is 0.0808 e. The van der Waals surface area contributed by atoms with Crippen LogP contribution in [-0.2, 0) is 12.8 Å². The summed E-state index contributed by atoms with van der Waals surface area (Å²) in [7, 11) is 0. The quantitative estimate of drug-likeness (QED) is 0.892. The van der Waals surface area contributed by atoms with E-state index in [1.54, 1.807) is 0 Å². The minimum absolute atomic E-state index is 0.435. The van der Waals surface area contributed by atoms with Crippen LogP contribution >= 0.6 is 0 Å². The van der Waals surface area contributed by atoms with Crippen LogP contribution in [0.2, 0.25) is 0 Å². The van der Waals surface area contributed by atoms with Gasteiger partial charge in [-0.15, -0.1) is 0 Å². The van der Waals surface area contributed by atoms with E-state index in [-0.39, 0.29) is 0 Å². The first-order valence-corrected chi connectivity index (χ1v) is 7.06.